The van der Waals surface area contributed by atoms with Crippen molar-refractivity contribution in [1.29, 1.82) is 0 Å². The van der Waals surface area contributed by atoms with Crippen LogP contribution < -0.4 is 10.1 Å². The fourth-order valence-electron chi connectivity index (χ4n) is 1.49. The van der Waals surface area contributed by atoms with E-state index in [1.165, 1.54) is 12.1 Å². The van der Waals surface area contributed by atoms with E-state index in [4.69, 9.17) is 4.74 Å². The Balaban J connectivity index is 2.14. The van der Waals surface area contributed by atoms with Crippen LogP contribution in [-0.2, 0) is 6.61 Å². The van der Waals surface area contributed by atoms with Crippen LogP contribution in [0.4, 0.5) is 11.5 Å². The second-order valence-electron chi connectivity index (χ2n) is 3.93. The molecule has 1 heterocycles. The van der Waals surface area contributed by atoms with Crippen LogP contribution in [-0.4, -0.2) is 21.9 Å². The molecule has 0 amide bonds. The van der Waals surface area contributed by atoms with E-state index in [2.05, 4.69) is 47.1 Å². The van der Waals surface area contributed by atoms with Gasteiger partial charge in [0.15, 0.2) is 0 Å². The molecule has 0 spiro atoms. The van der Waals surface area contributed by atoms with E-state index in [0.29, 0.717) is 26.2 Å². The van der Waals surface area contributed by atoms with Gasteiger partial charge < -0.3 is 10.1 Å². The van der Waals surface area contributed by atoms with Gasteiger partial charge in [-0.3, -0.25) is 15.1 Å². The molecule has 0 aliphatic heterocycles. The second kappa shape index (κ2) is 6.81. The number of anilines is 1. The van der Waals surface area contributed by atoms with E-state index in [1.54, 1.807) is 19.4 Å². The van der Waals surface area contributed by atoms with E-state index in [1.807, 2.05) is 0 Å². The topological polar surface area (TPSA) is 90.2 Å². The lowest BCUT2D eigenvalue weighted by atomic mass is 10.3. The van der Waals surface area contributed by atoms with Crippen molar-refractivity contribution >= 4 is 43.4 Å². The molecule has 0 atom stereocenters. The van der Waals surface area contributed by atoms with Gasteiger partial charge in [0.25, 0.3) is 5.69 Å². The van der Waals surface area contributed by atoms with Gasteiger partial charge >= 0.3 is 0 Å². The summed E-state index contributed by atoms with van der Waals surface area (Å²) in [5, 5.41) is 13.6. The molecule has 110 valence electrons. The van der Waals surface area contributed by atoms with Crippen LogP contribution in [0.25, 0.3) is 0 Å². The maximum Gasteiger partial charge on any atom is 0.271 e. The quantitative estimate of drug-likeness (QED) is 0.591. The van der Waals surface area contributed by atoms with Gasteiger partial charge in [0, 0.05) is 19.2 Å². The van der Waals surface area contributed by atoms with E-state index < -0.39 is 4.92 Å². The Morgan fingerprint density at radius 3 is 2.43 bits per heavy atom. The molecule has 7 nitrogen and oxygen atoms in total. The molecule has 0 unspecified atom stereocenters. The Labute approximate surface area is 137 Å². The Hall–Kier alpha value is -1.74. The minimum Gasteiger partial charge on any atom is -0.485 e. The number of ether oxygens (including phenoxy) is 1. The van der Waals surface area contributed by atoms with Crippen molar-refractivity contribution in [3.63, 3.8) is 0 Å². The molecule has 2 rings (SSSR count). The molecule has 1 N–H and O–H groups in total. The normalized spacial score (nSPS) is 10.2. The van der Waals surface area contributed by atoms with Crippen molar-refractivity contribution in [2.24, 2.45) is 0 Å². The molecule has 1 aromatic carbocycles. The van der Waals surface area contributed by atoms with Gasteiger partial charge in [-0.05, 0) is 31.9 Å². The minimum absolute atomic E-state index is 0.0285. The monoisotopic (exact) mass is 416 g/mol. The van der Waals surface area contributed by atoms with E-state index in [9.17, 15) is 10.1 Å². The first-order valence-electron chi connectivity index (χ1n) is 5.76. The molecule has 0 saturated heterocycles. The number of rotatable bonds is 5. The summed E-state index contributed by atoms with van der Waals surface area (Å²) in [6.07, 6.45) is 3.19. The molecule has 0 radical (unpaired) electrons. The van der Waals surface area contributed by atoms with E-state index >= 15 is 0 Å². The maximum absolute atomic E-state index is 10.8. The lowest BCUT2D eigenvalue weighted by Crippen LogP contribution is -2.02. The molecular weight excluding hydrogens is 408 g/mol. The summed E-state index contributed by atoms with van der Waals surface area (Å²) in [6, 6.07) is 2.77. The van der Waals surface area contributed by atoms with Gasteiger partial charge in [-0.15, -0.1) is 0 Å². The van der Waals surface area contributed by atoms with Gasteiger partial charge in [0.1, 0.15) is 18.2 Å². The molecular formula is C12H10Br2N4O3. The standard InChI is InChI=1S/C12H10Br2N4O3/c1-15-11-5-16-7(4-17-11)6-21-12-9(13)2-8(18(19)20)3-10(12)14/h2-5H,6H2,1H3,(H,15,17). The van der Waals surface area contributed by atoms with Crippen molar-refractivity contribution in [1.82, 2.24) is 9.97 Å². The van der Waals surface area contributed by atoms with Crippen LogP contribution in [0.3, 0.4) is 0 Å². The Kier molecular flexibility index (Phi) is 5.07. The fourth-order valence-corrected chi connectivity index (χ4v) is 2.89. The number of non-ortho nitro benzene ring substituents is 1. The summed E-state index contributed by atoms with van der Waals surface area (Å²) >= 11 is 6.51. The number of nitrogens with one attached hydrogen (secondary N) is 1. The zero-order chi connectivity index (χ0) is 15.4. The number of hydrogen-bond donors (Lipinski definition) is 1. The molecule has 21 heavy (non-hydrogen) atoms. The number of nitrogens with zero attached hydrogens (tertiary/aromatic N) is 3. The second-order valence-corrected chi connectivity index (χ2v) is 5.64. The molecule has 0 bridgehead atoms. The molecule has 0 aliphatic rings. The van der Waals surface area contributed by atoms with Gasteiger partial charge in [0.05, 0.1) is 32.0 Å². The summed E-state index contributed by atoms with van der Waals surface area (Å²) in [4.78, 5) is 18.6. The van der Waals surface area contributed by atoms with Crippen LogP contribution in [0, 0.1) is 10.1 Å². The Morgan fingerprint density at radius 1 is 1.29 bits per heavy atom. The number of benzene rings is 1. The summed E-state index contributed by atoms with van der Waals surface area (Å²) in [5.41, 5.74) is 0.616. The van der Waals surface area contributed by atoms with Gasteiger partial charge in [-0.2, -0.15) is 0 Å². The SMILES string of the molecule is CNc1cnc(COc2c(Br)cc([N+](=O)[O-])cc2Br)cn1. The molecule has 0 aliphatic carbocycles. The maximum atomic E-state index is 10.8. The van der Waals surface area contributed by atoms with Gasteiger partial charge in [-0.1, -0.05) is 0 Å². The number of nitro groups is 1. The van der Waals surface area contributed by atoms with Crippen molar-refractivity contribution in [3.05, 3.63) is 49.3 Å². The predicted molar refractivity (Wildman–Crippen MR) is 84.4 cm³/mol. The van der Waals surface area contributed by atoms with Crippen LogP contribution in [0.5, 0.6) is 5.75 Å². The van der Waals surface area contributed by atoms with Crippen LogP contribution in [0.15, 0.2) is 33.5 Å². The average Bonchev–Trinajstić information content (AvgIpc) is 2.46. The molecule has 0 saturated carbocycles. The van der Waals surface area contributed by atoms with Crippen molar-refractivity contribution in [2.75, 3.05) is 12.4 Å². The Bertz CT molecular complexity index is 641. The first-order chi connectivity index (χ1) is 10.0. The van der Waals surface area contributed by atoms with Gasteiger partial charge in [-0.25, -0.2) is 4.98 Å². The van der Waals surface area contributed by atoms with Crippen molar-refractivity contribution in [2.45, 2.75) is 6.61 Å². The largest absolute Gasteiger partial charge is 0.485 e. The summed E-state index contributed by atoms with van der Waals surface area (Å²) < 4.78 is 6.60. The first kappa shape index (κ1) is 15.6. The molecule has 9 heteroatoms. The van der Waals surface area contributed by atoms with Crippen LogP contribution >= 0.6 is 31.9 Å². The van der Waals surface area contributed by atoms with Crippen LogP contribution in [0.2, 0.25) is 0 Å². The molecule has 2 aromatic rings. The third-order valence-corrected chi connectivity index (χ3v) is 3.70. The summed E-state index contributed by atoms with van der Waals surface area (Å²) in [5.74, 6) is 1.14. The minimum atomic E-state index is -0.471. The van der Waals surface area contributed by atoms with Crippen LogP contribution in [0.1, 0.15) is 5.69 Å². The smallest absolute Gasteiger partial charge is 0.271 e. The Morgan fingerprint density at radius 2 is 1.95 bits per heavy atom. The summed E-state index contributed by atoms with van der Waals surface area (Å²) in [6.45, 7) is 0.200. The zero-order valence-electron chi connectivity index (χ0n) is 10.8. The first-order valence-corrected chi connectivity index (χ1v) is 7.34. The van der Waals surface area contributed by atoms with Gasteiger partial charge in [0.2, 0.25) is 0 Å². The lowest BCUT2D eigenvalue weighted by Gasteiger charge is -2.10. The number of hydrogen-bond acceptors (Lipinski definition) is 6. The van der Waals surface area contributed by atoms with Crippen molar-refractivity contribution < 1.29 is 9.66 Å². The summed E-state index contributed by atoms with van der Waals surface area (Å²) in [7, 11) is 1.76. The van der Waals surface area contributed by atoms with Crippen molar-refractivity contribution in [3.8, 4) is 5.75 Å². The zero-order valence-corrected chi connectivity index (χ0v) is 14.0. The number of halogens is 2. The fraction of sp³-hybridized carbons (Fsp3) is 0.167. The highest BCUT2D eigenvalue weighted by Crippen LogP contribution is 2.37. The average molecular weight is 418 g/mol. The third-order valence-electron chi connectivity index (χ3n) is 2.52. The lowest BCUT2D eigenvalue weighted by molar-refractivity contribution is -0.385. The predicted octanol–water partition coefficient (Wildman–Crippen LogP) is 3.53. The molecule has 0 fully saturated rings. The number of nitro benzene ring substituents is 1. The van der Waals surface area contributed by atoms with E-state index in [0.717, 1.165) is 0 Å². The highest BCUT2D eigenvalue weighted by molar-refractivity contribution is 9.11. The molecule has 1 aromatic heterocycles. The highest BCUT2D eigenvalue weighted by atomic mass is 79.9. The highest BCUT2D eigenvalue weighted by Gasteiger charge is 2.15. The number of aromatic nitrogens is 2. The van der Waals surface area contributed by atoms with E-state index in [-0.39, 0.29) is 12.3 Å². The third kappa shape index (κ3) is 3.88.